The molecule has 0 aliphatic heterocycles. The first-order chi connectivity index (χ1) is 9.58. The van der Waals surface area contributed by atoms with E-state index in [9.17, 15) is 0 Å². The number of halogens is 1. The van der Waals surface area contributed by atoms with Gasteiger partial charge in [-0.1, -0.05) is 40.8 Å². The van der Waals surface area contributed by atoms with Crippen LogP contribution in [0.25, 0.3) is 0 Å². The predicted molar refractivity (Wildman–Crippen MR) is 84.9 cm³/mol. The van der Waals surface area contributed by atoms with E-state index in [1.165, 1.54) is 11.3 Å². The fourth-order valence-electron chi connectivity index (χ4n) is 1.35. The van der Waals surface area contributed by atoms with E-state index in [1.54, 1.807) is 11.8 Å². The van der Waals surface area contributed by atoms with Crippen molar-refractivity contribution in [2.45, 2.75) is 18.2 Å². The third-order valence-corrected chi connectivity index (χ3v) is 5.15. The van der Waals surface area contributed by atoms with Gasteiger partial charge >= 0.3 is 0 Å². The topological polar surface area (TPSA) is 61.6 Å². The number of nitrogens with one attached hydrogen (secondary N) is 1. The Morgan fingerprint density at radius 1 is 1.50 bits per heavy atom. The van der Waals surface area contributed by atoms with Crippen molar-refractivity contribution in [3.8, 4) is 6.07 Å². The highest BCUT2D eigenvalue weighted by Crippen LogP contribution is 2.29. The molecule has 1 aromatic carbocycles. The lowest BCUT2D eigenvalue weighted by molar-refractivity contribution is 0.862. The molecule has 0 unspecified atom stereocenters. The van der Waals surface area contributed by atoms with Crippen molar-refractivity contribution in [1.29, 1.82) is 5.26 Å². The molecule has 0 fully saturated rings. The normalized spacial score (nSPS) is 11.9. The van der Waals surface area contributed by atoms with Gasteiger partial charge in [0.1, 0.15) is 0 Å². The van der Waals surface area contributed by atoms with Crippen molar-refractivity contribution in [2.75, 3.05) is 11.1 Å². The maximum atomic E-state index is 8.74. The van der Waals surface area contributed by atoms with Gasteiger partial charge in [0.15, 0.2) is 4.34 Å². The minimum absolute atomic E-state index is 0.0104. The van der Waals surface area contributed by atoms with Crippen molar-refractivity contribution in [2.24, 2.45) is 5.92 Å². The van der Waals surface area contributed by atoms with Gasteiger partial charge in [-0.2, -0.15) is 5.26 Å². The number of nitriles is 1. The molecule has 20 heavy (non-hydrogen) atoms. The Hall–Kier alpha value is -1.29. The van der Waals surface area contributed by atoms with Crippen molar-refractivity contribution < 1.29 is 0 Å². The van der Waals surface area contributed by atoms with Gasteiger partial charge < -0.3 is 5.32 Å². The second-order valence-electron chi connectivity index (χ2n) is 4.30. The van der Waals surface area contributed by atoms with E-state index < -0.39 is 0 Å². The molecule has 0 aliphatic carbocycles. The van der Waals surface area contributed by atoms with E-state index in [4.69, 9.17) is 16.9 Å². The molecule has 0 spiro atoms. The molecule has 1 N–H and O–H groups in total. The summed E-state index contributed by atoms with van der Waals surface area (Å²) in [6.07, 6.45) is 0. The van der Waals surface area contributed by atoms with Crippen molar-refractivity contribution in [3.05, 3.63) is 28.8 Å². The SMILES string of the molecule is Cc1ccc(Nc2nnc(SC[C@H](C)C#N)s2)cc1Cl. The van der Waals surface area contributed by atoms with E-state index in [2.05, 4.69) is 21.6 Å². The zero-order chi connectivity index (χ0) is 14.5. The molecule has 104 valence electrons. The fraction of sp³-hybridized carbons (Fsp3) is 0.308. The van der Waals surface area contributed by atoms with Gasteiger partial charge in [0.25, 0.3) is 0 Å². The third kappa shape index (κ3) is 4.10. The quantitative estimate of drug-likeness (QED) is 0.821. The van der Waals surface area contributed by atoms with Crippen LogP contribution in [0.3, 0.4) is 0 Å². The van der Waals surface area contributed by atoms with E-state index in [-0.39, 0.29) is 5.92 Å². The van der Waals surface area contributed by atoms with Gasteiger partial charge in [0.05, 0.1) is 12.0 Å². The average Bonchev–Trinajstić information content (AvgIpc) is 2.88. The fourth-order valence-corrected chi connectivity index (χ4v) is 3.27. The number of nitrogens with zero attached hydrogens (tertiary/aromatic N) is 3. The highest BCUT2D eigenvalue weighted by Gasteiger charge is 2.08. The molecular weight excluding hydrogens is 312 g/mol. The molecule has 0 aliphatic rings. The molecule has 1 heterocycles. The van der Waals surface area contributed by atoms with Crippen LogP contribution in [0.4, 0.5) is 10.8 Å². The Balaban J connectivity index is 1.99. The van der Waals surface area contributed by atoms with Crippen LogP contribution < -0.4 is 5.32 Å². The second kappa shape index (κ2) is 6.93. The molecule has 1 aromatic heterocycles. The highest BCUT2D eigenvalue weighted by atomic mass is 35.5. The van der Waals surface area contributed by atoms with Crippen LogP contribution in [0.1, 0.15) is 12.5 Å². The van der Waals surface area contributed by atoms with Crippen LogP contribution in [0.15, 0.2) is 22.5 Å². The first-order valence-electron chi connectivity index (χ1n) is 5.97. The number of rotatable bonds is 5. The van der Waals surface area contributed by atoms with Crippen LogP contribution in [-0.2, 0) is 0 Å². The monoisotopic (exact) mass is 324 g/mol. The van der Waals surface area contributed by atoms with Gasteiger partial charge in [-0.15, -0.1) is 10.2 Å². The maximum absolute atomic E-state index is 8.74. The summed E-state index contributed by atoms with van der Waals surface area (Å²) in [4.78, 5) is 0. The molecule has 0 radical (unpaired) electrons. The summed E-state index contributed by atoms with van der Waals surface area (Å²) < 4.78 is 0.854. The molecule has 4 nitrogen and oxygen atoms in total. The van der Waals surface area contributed by atoms with Crippen LogP contribution >= 0.6 is 34.7 Å². The average molecular weight is 325 g/mol. The number of anilines is 2. The molecule has 2 aromatic rings. The third-order valence-electron chi connectivity index (χ3n) is 2.51. The Bertz CT molecular complexity index is 636. The summed E-state index contributed by atoms with van der Waals surface area (Å²) in [7, 11) is 0. The second-order valence-corrected chi connectivity index (χ2v) is 6.96. The van der Waals surface area contributed by atoms with Crippen LogP contribution in [0.2, 0.25) is 5.02 Å². The lowest BCUT2D eigenvalue weighted by atomic mass is 10.2. The number of aryl methyl sites for hydroxylation is 1. The molecule has 0 bridgehead atoms. The Labute approximate surface area is 131 Å². The maximum Gasteiger partial charge on any atom is 0.210 e. The Morgan fingerprint density at radius 3 is 3.00 bits per heavy atom. The molecule has 7 heteroatoms. The smallest absolute Gasteiger partial charge is 0.210 e. The molecular formula is C13H13ClN4S2. The predicted octanol–water partition coefficient (Wildman–Crippen LogP) is 4.50. The van der Waals surface area contributed by atoms with Gasteiger partial charge in [0, 0.05) is 16.5 Å². The lowest BCUT2D eigenvalue weighted by Gasteiger charge is -2.03. The first kappa shape index (κ1) is 15.1. The zero-order valence-corrected chi connectivity index (χ0v) is 13.4. The number of benzene rings is 1. The zero-order valence-electron chi connectivity index (χ0n) is 11.1. The minimum atomic E-state index is 0.0104. The van der Waals surface area contributed by atoms with E-state index in [1.807, 2.05) is 32.0 Å². The van der Waals surface area contributed by atoms with E-state index >= 15 is 0 Å². The molecule has 0 saturated heterocycles. The summed E-state index contributed by atoms with van der Waals surface area (Å²) in [5.41, 5.74) is 1.93. The van der Waals surface area contributed by atoms with Crippen molar-refractivity contribution in [1.82, 2.24) is 10.2 Å². The number of thioether (sulfide) groups is 1. The molecule has 0 saturated carbocycles. The Morgan fingerprint density at radius 2 is 2.30 bits per heavy atom. The molecule has 0 amide bonds. The lowest BCUT2D eigenvalue weighted by Crippen LogP contribution is -1.92. The molecule has 1 atom stereocenters. The van der Waals surface area contributed by atoms with E-state index in [0.29, 0.717) is 0 Å². The largest absolute Gasteiger partial charge is 0.330 e. The van der Waals surface area contributed by atoms with Gasteiger partial charge in [0.2, 0.25) is 5.13 Å². The van der Waals surface area contributed by atoms with Gasteiger partial charge in [-0.05, 0) is 31.5 Å². The summed E-state index contributed by atoms with van der Waals surface area (Å²) in [5.74, 6) is 0.734. The van der Waals surface area contributed by atoms with Gasteiger partial charge in [-0.25, -0.2) is 0 Å². The standard InChI is InChI=1S/C13H13ClN4S2/c1-8(6-15)7-19-13-18-17-12(20-13)16-10-4-3-9(2)11(14)5-10/h3-5,8H,7H2,1-2H3,(H,16,17)/t8-/m1/s1. The van der Waals surface area contributed by atoms with Crippen LogP contribution in [0.5, 0.6) is 0 Å². The number of aromatic nitrogens is 2. The molecule has 2 rings (SSSR count). The minimum Gasteiger partial charge on any atom is -0.330 e. The Kier molecular flexibility index (Phi) is 5.24. The summed E-state index contributed by atoms with van der Waals surface area (Å²) >= 11 is 9.09. The summed E-state index contributed by atoms with van der Waals surface area (Å²) in [6, 6.07) is 7.97. The van der Waals surface area contributed by atoms with Crippen molar-refractivity contribution >= 4 is 45.5 Å². The highest BCUT2D eigenvalue weighted by molar-refractivity contribution is 8.01. The van der Waals surface area contributed by atoms with Gasteiger partial charge in [-0.3, -0.25) is 0 Å². The summed E-state index contributed by atoms with van der Waals surface area (Å²) in [5, 5.41) is 21.5. The first-order valence-corrected chi connectivity index (χ1v) is 8.15. The van der Waals surface area contributed by atoms with Crippen LogP contribution in [-0.4, -0.2) is 16.0 Å². The van der Waals surface area contributed by atoms with Crippen LogP contribution in [0, 0.1) is 24.2 Å². The van der Waals surface area contributed by atoms with E-state index in [0.717, 1.165) is 31.5 Å². The van der Waals surface area contributed by atoms with Crippen molar-refractivity contribution in [3.63, 3.8) is 0 Å². The number of hydrogen-bond donors (Lipinski definition) is 1. The number of hydrogen-bond acceptors (Lipinski definition) is 6. The summed E-state index contributed by atoms with van der Waals surface area (Å²) in [6.45, 7) is 3.85.